The van der Waals surface area contributed by atoms with Gasteiger partial charge in [-0.15, -0.1) is 0 Å². The maximum Gasteiger partial charge on any atom is 0.194 e. The SMILES string of the molecule is C[C@@H](Cc1ccc(C=Cc2cc(F)c(F)c(F)c2)cc1)c1ccccc1. The highest BCUT2D eigenvalue weighted by Crippen LogP contribution is 2.21. The standard InChI is InChI=1S/C23H19F3/c1-16(20-5-3-2-4-6-20)13-18-10-7-17(8-11-18)9-12-19-14-21(24)23(26)22(25)15-19/h2-12,14-16H,13H2,1H3/t16-/m0/s1. The van der Waals surface area contributed by atoms with Crippen LogP contribution in [0.1, 0.15) is 35.1 Å². The van der Waals surface area contributed by atoms with Crippen LogP contribution in [0.2, 0.25) is 0 Å². The highest BCUT2D eigenvalue weighted by atomic mass is 19.2. The van der Waals surface area contributed by atoms with E-state index in [1.54, 1.807) is 12.2 Å². The van der Waals surface area contributed by atoms with Crippen molar-refractivity contribution in [1.29, 1.82) is 0 Å². The Morgan fingerprint density at radius 3 is 1.96 bits per heavy atom. The minimum absolute atomic E-state index is 0.281. The Morgan fingerprint density at radius 1 is 0.769 bits per heavy atom. The van der Waals surface area contributed by atoms with E-state index in [0.717, 1.165) is 24.1 Å². The van der Waals surface area contributed by atoms with Crippen molar-refractivity contribution in [2.45, 2.75) is 19.3 Å². The summed E-state index contributed by atoms with van der Waals surface area (Å²) in [7, 11) is 0. The van der Waals surface area contributed by atoms with E-state index in [4.69, 9.17) is 0 Å². The number of hydrogen-bond acceptors (Lipinski definition) is 0. The quantitative estimate of drug-likeness (QED) is 0.357. The zero-order valence-corrected chi connectivity index (χ0v) is 14.4. The Bertz CT molecular complexity index is 873. The van der Waals surface area contributed by atoms with Crippen molar-refractivity contribution in [3.63, 3.8) is 0 Å². The molecular formula is C23H19F3. The minimum atomic E-state index is -1.45. The first-order chi connectivity index (χ1) is 12.5. The lowest BCUT2D eigenvalue weighted by Gasteiger charge is -2.12. The van der Waals surface area contributed by atoms with Gasteiger partial charge in [-0.2, -0.15) is 0 Å². The molecule has 3 aromatic rings. The molecule has 0 spiro atoms. The third kappa shape index (κ3) is 4.42. The summed E-state index contributed by atoms with van der Waals surface area (Å²) in [5.74, 6) is -3.40. The van der Waals surface area contributed by atoms with Crippen LogP contribution in [0, 0.1) is 17.5 Å². The van der Waals surface area contributed by atoms with Crippen LogP contribution in [-0.2, 0) is 6.42 Å². The highest BCUT2D eigenvalue weighted by Gasteiger charge is 2.09. The molecule has 1 atom stereocenters. The van der Waals surface area contributed by atoms with Gasteiger partial charge in [-0.1, -0.05) is 73.7 Å². The number of benzene rings is 3. The summed E-state index contributed by atoms with van der Waals surface area (Å²) in [6, 6.07) is 20.3. The summed E-state index contributed by atoms with van der Waals surface area (Å²) in [5, 5.41) is 0. The van der Waals surface area contributed by atoms with Gasteiger partial charge >= 0.3 is 0 Å². The Morgan fingerprint density at radius 2 is 1.35 bits per heavy atom. The molecule has 0 aliphatic rings. The van der Waals surface area contributed by atoms with Gasteiger partial charge in [-0.05, 0) is 46.7 Å². The maximum absolute atomic E-state index is 13.2. The molecular weight excluding hydrogens is 333 g/mol. The molecule has 0 radical (unpaired) electrons. The summed E-state index contributed by atoms with van der Waals surface area (Å²) < 4.78 is 39.4. The van der Waals surface area contributed by atoms with Gasteiger partial charge < -0.3 is 0 Å². The molecule has 0 bridgehead atoms. The monoisotopic (exact) mass is 352 g/mol. The molecule has 0 aliphatic carbocycles. The second kappa shape index (κ2) is 8.05. The number of hydrogen-bond donors (Lipinski definition) is 0. The van der Waals surface area contributed by atoms with E-state index >= 15 is 0 Å². The molecule has 0 N–H and O–H groups in total. The fourth-order valence-electron chi connectivity index (χ4n) is 2.88. The zero-order valence-electron chi connectivity index (χ0n) is 14.4. The van der Waals surface area contributed by atoms with Crippen LogP contribution >= 0.6 is 0 Å². The zero-order chi connectivity index (χ0) is 18.5. The molecule has 0 amide bonds. The smallest absolute Gasteiger partial charge is 0.194 e. The average molecular weight is 352 g/mol. The maximum atomic E-state index is 13.2. The normalized spacial score (nSPS) is 12.5. The predicted octanol–water partition coefficient (Wildman–Crippen LogP) is 6.62. The largest absolute Gasteiger partial charge is 0.204 e. The summed E-state index contributed by atoms with van der Waals surface area (Å²) >= 11 is 0. The van der Waals surface area contributed by atoms with Crippen LogP contribution in [0.15, 0.2) is 66.7 Å². The van der Waals surface area contributed by atoms with Gasteiger partial charge in [0.05, 0.1) is 0 Å². The van der Waals surface area contributed by atoms with Gasteiger partial charge in [-0.3, -0.25) is 0 Å². The van der Waals surface area contributed by atoms with Crippen molar-refractivity contribution in [3.8, 4) is 0 Å². The lowest BCUT2D eigenvalue weighted by Crippen LogP contribution is -1.98. The second-order valence-corrected chi connectivity index (χ2v) is 6.39. The van der Waals surface area contributed by atoms with Gasteiger partial charge in [0, 0.05) is 0 Å². The molecule has 0 aliphatic heterocycles. The van der Waals surface area contributed by atoms with Crippen LogP contribution in [0.3, 0.4) is 0 Å². The van der Waals surface area contributed by atoms with Gasteiger partial charge in [0.15, 0.2) is 17.5 Å². The Labute approximate surface area is 151 Å². The predicted molar refractivity (Wildman–Crippen MR) is 100 cm³/mol. The van der Waals surface area contributed by atoms with Crippen molar-refractivity contribution in [1.82, 2.24) is 0 Å². The van der Waals surface area contributed by atoms with Gasteiger partial charge in [0.25, 0.3) is 0 Å². The van der Waals surface area contributed by atoms with E-state index in [9.17, 15) is 13.2 Å². The molecule has 3 rings (SSSR count). The van der Waals surface area contributed by atoms with E-state index in [-0.39, 0.29) is 5.56 Å². The topological polar surface area (TPSA) is 0 Å². The Hall–Kier alpha value is -2.81. The third-order valence-corrected chi connectivity index (χ3v) is 4.36. The van der Waals surface area contributed by atoms with Crippen LogP contribution in [-0.4, -0.2) is 0 Å². The molecule has 0 heterocycles. The first-order valence-corrected chi connectivity index (χ1v) is 8.49. The number of rotatable bonds is 5. The van der Waals surface area contributed by atoms with Crippen molar-refractivity contribution in [2.75, 3.05) is 0 Å². The molecule has 0 saturated heterocycles. The summed E-state index contributed by atoms with van der Waals surface area (Å²) in [5.41, 5.74) is 3.71. The second-order valence-electron chi connectivity index (χ2n) is 6.39. The lowest BCUT2D eigenvalue weighted by molar-refractivity contribution is 0.447. The highest BCUT2D eigenvalue weighted by molar-refractivity contribution is 5.69. The number of halogens is 3. The van der Waals surface area contributed by atoms with E-state index in [2.05, 4.69) is 19.1 Å². The van der Waals surface area contributed by atoms with Crippen molar-refractivity contribution >= 4 is 12.2 Å². The summed E-state index contributed by atoms with van der Waals surface area (Å²) in [6.07, 6.45) is 4.24. The first-order valence-electron chi connectivity index (χ1n) is 8.49. The van der Waals surface area contributed by atoms with Crippen LogP contribution in [0.4, 0.5) is 13.2 Å². The van der Waals surface area contributed by atoms with E-state index in [1.807, 2.05) is 42.5 Å². The molecule has 132 valence electrons. The first kappa shape index (κ1) is 18.0. The third-order valence-electron chi connectivity index (χ3n) is 4.36. The molecule has 3 aromatic carbocycles. The van der Waals surface area contributed by atoms with E-state index < -0.39 is 17.5 Å². The van der Waals surface area contributed by atoms with Gasteiger partial charge in [0.2, 0.25) is 0 Å². The van der Waals surface area contributed by atoms with Crippen LogP contribution in [0.5, 0.6) is 0 Å². The molecule has 0 saturated carbocycles. The molecule has 0 nitrogen and oxygen atoms in total. The van der Waals surface area contributed by atoms with E-state index in [0.29, 0.717) is 5.92 Å². The Kier molecular flexibility index (Phi) is 5.57. The van der Waals surface area contributed by atoms with E-state index in [1.165, 1.54) is 11.1 Å². The summed E-state index contributed by atoms with van der Waals surface area (Å²) in [4.78, 5) is 0. The van der Waals surface area contributed by atoms with Crippen LogP contribution < -0.4 is 0 Å². The molecule has 3 heteroatoms. The molecule has 0 fully saturated rings. The van der Waals surface area contributed by atoms with Crippen molar-refractivity contribution in [3.05, 3.63) is 106 Å². The van der Waals surface area contributed by atoms with Gasteiger partial charge in [0.1, 0.15) is 0 Å². The van der Waals surface area contributed by atoms with Crippen molar-refractivity contribution in [2.24, 2.45) is 0 Å². The Balaban J connectivity index is 1.68. The summed E-state index contributed by atoms with van der Waals surface area (Å²) in [6.45, 7) is 2.20. The fraction of sp³-hybridized carbons (Fsp3) is 0.130. The fourth-order valence-corrected chi connectivity index (χ4v) is 2.88. The van der Waals surface area contributed by atoms with Crippen molar-refractivity contribution < 1.29 is 13.2 Å². The van der Waals surface area contributed by atoms with Gasteiger partial charge in [-0.25, -0.2) is 13.2 Å². The molecule has 0 unspecified atom stereocenters. The minimum Gasteiger partial charge on any atom is -0.204 e. The van der Waals surface area contributed by atoms with Crippen LogP contribution in [0.25, 0.3) is 12.2 Å². The average Bonchev–Trinajstić information content (AvgIpc) is 2.66. The lowest BCUT2D eigenvalue weighted by atomic mass is 9.93. The molecule has 26 heavy (non-hydrogen) atoms. The molecule has 0 aromatic heterocycles.